The Morgan fingerprint density at radius 2 is 2.24 bits per heavy atom. The van der Waals surface area contributed by atoms with Gasteiger partial charge in [0.05, 0.1) is 5.75 Å². The molecule has 0 spiro atoms. The maximum Gasteiger partial charge on any atom is 0.319 e. The Bertz CT molecular complexity index is 450. The summed E-state index contributed by atoms with van der Waals surface area (Å²) in [6.07, 6.45) is 0.306. The molecule has 2 unspecified atom stereocenters. The smallest absolute Gasteiger partial charge is 0.319 e. The molecular formula is C11H12BrFO3S. The molecule has 0 saturated carbocycles. The highest BCUT2D eigenvalue weighted by Crippen LogP contribution is 2.21. The topological polar surface area (TPSA) is 54.4 Å². The van der Waals surface area contributed by atoms with E-state index in [0.717, 1.165) is 0 Å². The summed E-state index contributed by atoms with van der Waals surface area (Å²) in [5.41, 5.74) is 0.643. The molecule has 1 aromatic rings. The van der Waals surface area contributed by atoms with Crippen LogP contribution < -0.4 is 0 Å². The van der Waals surface area contributed by atoms with Crippen molar-refractivity contribution in [3.05, 3.63) is 34.1 Å². The fourth-order valence-electron chi connectivity index (χ4n) is 1.37. The van der Waals surface area contributed by atoms with Gasteiger partial charge >= 0.3 is 5.97 Å². The van der Waals surface area contributed by atoms with Crippen molar-refractivity contribution in [2.45, 2.75) is 24.3 Å². The number of rotatable bonds is 5. The van der Waals surface area contributed by atoms with E-state index in [2.05, 4.69) is 15.9 Å². The van der Waals surface area contributed by atoms with E-state index >= 15 is 0 Å². The lowest BCUT2D eigenvalue weighted by molar-refractivity contribution is -0.136. The molecule has 0 amide bonds. The van der Waals surface area contributed by atoms with Crippen LogP contribution in [0.4, 0.5) is 4.39 Å². The lowest BCUT2D eigenvalue weighted by Gasteiger charge is -2.10. The van der Waals surface area contributed by atoms with E-state index in [0.29, 0.717) is 16.5 Å². The zero-order valence-corrected chi connectivity index (χ0v) is 11.6. The lowest BCUT2D eigenvalue weighted by atomic mass is 10.2. The summed E-state index contributed by atoms with van der Waals surface area (Å²) in [7, 11) is -1.51. The van der Waals surface area contributed by atoms with Crippen molar-refractivity contribution in [1.82, 2.24) is 0 Å². The summed E-state index contributed by atoms with van der Waals surface area (Å²) in [5.74, 6) is -1.35. The van der Waals surface area contributed by atoms with Gasteiger partial charge in [-0.1, -0.05) is 28.9 Å². The Balaban J connectivity index is 2.84. The quantitative estimate of drug-likeness (QED) is 0.906. The van der Waals surface area contributed by atoms with Gasteiger partial charge in [-0.25, -0.2) is 4.39 Å². The highest BCUT2D eigenvalue weighted by atomic mass is 79.9. The summed E-state index contributed by atoms with van der Waals surface area (Å²) >= 11 is 3.16. The molecule has 0 fully saturated rings. The first-order chi connectivity index (χ1) is 7.95. The first-order valence-corrected chi connectivity index (χ1v) is 7.17. The number of aliphatic carboxylic acids is 1. The Morgan fingerprint density at radius 1 is 1.59 bits per heavy atom. The van der Waals surface area contributed by atoms with Crippen LogP contribution in [0.2, 0.25) is 0 Å². The third-order valence-electron chi connectivity index (χ3n) is 2.28. The van der Waals surface area contributed by atoms with Crippen LogP contribution in [0.3, 0.4) is 0 Å². The van der Waals surface area contributed by atoms with Crippen molar-refractivity contribution in [2.75, 3.05) is 0 Å². The van der Waals surface area contributed by atoms with E-state index in [1.807, 2.05) is 0 Å². The summed E-state index contributed by atoms with van der Waals surface area (Å²) < 4.78 is 25.2. The van der Waals surface area contributed by atoms with Crippen LogP contribution >= 0.6 is 15.9 Å². The Labute approximate surface area is 110 Å². The average molecular weight is 323 g/mol. The van der Waals surface area contributed by atoms with Gasteiger partial charge in [-0.2, -0.15) is 0 Å². The molecule has 6 heteroatoms. The largest absolute Gasteiger partial charge is 0.480 e. The molecule has 0 aromatic heterocycles. The van der Waals surface area contributed by atoms with Crippen LogP contribution in [0.1, 0.15) is 18.9 Å². The van der Waals surface area contributed by atoms with Gasteiger partial charge < -0.3 is 5.11 Å². The SMILES string of the molecule is CCC(C(=O)O)S(=O)Cc1ccc(F)cc1Br. The number of halogens is 2. The van der Waals surface area contributed by atoms with Crippen molar-refractivity contribution in [3.63, 3.8) is 0 Å². The molecule has 0 saturated heterocycles. The van der Waals surface area contributed by atoms with E-state index < -0.39 is 27.8 Å². The zero-order chi connectivity index (χ0) is 13.0. The van der Waals surface area contributed by atoms with Gasteiger partial charge in [-0.15, -0.1) is 0 Å². The number of hydrogen-bond acceptors (Lipinski definition) is 2. The normalized spacial score (nSPS) is 14.3. The molecule has 0 aliphatic heterocycles. The van der Waals surface area contributed by atoms with Gasteiger partial charge in [0.25, 0.3) is 0 Å². The van der Waals surface area contributed by atoms with Crippen LogP contribution in [0.25, 0.3) is 0 Å². The maximum atomic E-state index is 12.8. The molecular weight excluding hydrogens is 311 g/mol. The van der Waals surface area contributed by atoms with Gasteiger partial charge in [0.15, 0.2) is 0 Å². The molecule has 3 nitrogen and oxygen atoms in total. The van der Waals surface area contributed by atoms with Crippen LogP contribution in [-0.2, 0) is 21.3 Å². The minimum absolute atomic E-state index is 0.103. The highest BCUT2D eigenvalue weighted by molar-refractivity contribution is 9.10. The first-order valence-electron chi connectivity index (χ1n) is 4.99. The first kappa shape index (κ1) is 14.3. The van der Waals surface area contributed by atoms with Gasteiger partial charge in [-0.05, 0) is 24.1 Å². The molecule has 0 radical (unpaired) electrons. The maximum absolute atomic E-state index is 12.8. The predicted octanol–water partition coefficient (Wildman–Crippen LogP) is 2.70. The van der Waals surface area contributed by atoms with Gasteiger partial charge in [-0.3, -0.25) is 9.00 Å². The summed E-state index contributed by atoms with van der Waals surface area (Å²) in [6, 6.07) is 4.04. The predicted molar refractivity (Wildman–Crippen MR) is 67.7 cm³/mol. The van der Waals surface area contributed by atoms with E-state index in [-0.39, 0.29) is 5.75 Å². The van der Waals surface area contributed by atoms with Crippen molar-refractivity contribution in [3.8, 4) is 0 Å². The Hall–Kier alpha value is -0.750. The van der Waals surface area contributed by atoms with E-state index in [9.17, 15) is 13.4 Å². The average Bonchev–Trinajstić information content (AvgIpc) is 2.22. The van der Waals surface area contributed by atoms with E-state index in [1.165, 1.54) is 18.2 Å². The molecule has 0 bridgehead atoms. The third kappa shape index (κ3) is 3.89. The summed E-state index contributed by atoms with van der Waals surface area (Å²) in [6.45, 7) is 1.68. The second-order valence-corrected chi connectivity index (χ2v) is 5.97. The summed E-state index contributed by atoms with van der Waals surface area (Å²) in [4.78, 5) is 10.8. The van der Waals surface area contributed by atoms with Gasteiger partial charge in [0, 0.05) is 15.3 Å². The Morgan fingerprint density at radius 3 is 2.71 bits per heavy atom. The minimum Gasteiger partial charge on any atom is -0.480 e. The van der Waals surface area contributed by atoms with Crippen LogP contribution in [0.15, 0.2) is 22.7 Å². The fourth-order valence-corrected chi connectivity index (χ4v) is 3.40. The van der Waals surface area contributed by atoms with Gasteiger partial charge in [0.2, 0.25) is 0 Å². The van der Waals surface area contributed by atoms with Crippen molar-refractivity contribution in [2.24, 2.45) is 0 Å². The molecule has 1 aromatic carbocycles. The van der Waals surface area contributed by atoms with E-state index in [4.69, 9.17) is 5.11 Å². The standard InChI is InChI=1S/C11H12BrFO3S/c1-2-10(11(14)15)17(16)6-7-3-4-8(13)5-9(7)12/h3-5,10H,2,6H2,1H3,(H,14,15). The molecule has 0 heterocycles. The molecule has 1 rings (SSSR count). The van der Waals surface area contributed by atoms with Crippen molar-refractivity contribution in [1.29, 1.82) is 0 Å². The third-order valence-corrected chi connectivity index (χ3v) is 4.78. The number of carbonyl (C=O) groups is 1. The molecule has 1 N–H and O–H groups in total. The second-order valence-electron chi connectivity index (χ2n) is 3.50. The lowest BCUT2D eigenvalue weighted by Crippen LogP contribution is -2.25. The Kier molecular flexibility index (Phi) is 5.27. The van der Waals surface area contributed by atoms with Crippen LogP contribution in [-0.4, -0.2) is 20.5 Å². The van der Waals surface area contributed by atoms with Crippen molar-refractivity contribution >= 4 is 32.7 Å². The second kappa shape index (κ2) is 6.26. The molecule has 0 aliphatic carbocycles. The number of carboxylic acids is 1. The van der Waals surface area contributed by atoms with Crippen LogP contribution in [0, 0.1) is 5.82 Å². The van der Waals surface area contributed by atoms with Crippen molar-refractivity contribution < 1.29 is 18.5 Å². The number of hydrogen-bond donors (Lipinski definition) is 1. The molecule has 2 atom stereocenters. The van der Waals surface area contributed by atoms with E-state index in [1.54, 1.807) is 6.92 Å². The summed E-state index contributed by atoms with van der Waals surface area (Å²) in [5, 5.41) is 7.99. The minimum atomic E-state index is -1.51. The molecule has 17 heavy (non-hydrogen) atoms. The molecule has 0 aliphatic rings. The monoisotopic (exact) mass is 322 g/mol. The van der Waals surface area contributed by atoms with Crippen LogP contribution in [0.5, 0.6) is 0 Å². The zero-order valence-electron chi connectivity index (χ0n) is 9.15. The van der Waals surface area contributed by atoms with Gasteiger partial charge in [0.1, 0.15) is 11.1 Å². The number of carboxylic acid groups (broad SMARTS) is 1. The fraction of sp³-hybridized carbons (Fsp3) is 0.364. The number of benzene rings is 1. The highest BCUT2D eigenvalue weighted by Gasteiger charge is 2.23. The molecule has 94 valence electrons.